The first-order valence-corrected chi connectivity index (χ1v) is 6.30. The molecular weight excluding hydrogens is 241 g/mol. The molecule has 1 aliphatic carbocycles. The van der Waals surface area contributed by atoms with Crippen molar-refractivity contribution in [3.05, 3.63) is 12.7 Å². The van der Waals surface area contributed by atoms with Gasteiger partial charge >= 0.3 is 29.6 Å². The molecule has 1 amide bonds. The van der Waals surface area contributed by atoms with Gasteiger partial charge in [0.05, 0.1) is 15.4 Å². The van der Waals surface area contributed by atoms with E-state index in [1.54, 1.807) is 0 Å². The van der Waals surface area contributed by atoms with Gasteiger partial charge < -0.3 is 9.87 Å². The Morgan fingerprint density at radius 2 is 1.94 bits per heavy atom. The predicted octanol–water partition coefficient (Wildman–Crippen LogP) is -2.85. The SMILES string of the molecule is C=CC(=O)NC1CCCCC1S(=O)(=O)[O-].[Na+]. The van der Waals surface area contributed by atoms with Crippen molar-refractivity contribution >= 4 is 16.0 Å². The monoisotopic (exact) mass is 255 g/mol. The van der Waals surface area contributed by atoms with Crippen LogP contribution in [-0.2, 0) is 14.9 Å². The summed E-state index contributed by atoms with van der Waals surface area (Å²) in [7, 11) is -4.33. The Bertz CT molecular complexity index is 355. The zero-order chi connectivity index (χ0) is 11.5. The molecule has 0 radical (unpaired) electrons. The molecule has 16 heavy (non-hydrogen) atoms. The van der Waals surface area contributed by atoms with E-state index in [2.05, 4.69) is 11.9 Å². The fourth-order valence-electron chi connectivity index (χ4n) is 1.85. The molecule has 5 nitrogen and oxygen atoms in total. The van der Waals surface area contributed by atoms with Gasteiger partial charge in [-0.05, 0) is 18.9 Å². The van der Waals surface area contributed by atoms with Crippen LogP contribution in [0.4, 0.5) is 0 Å². The largest absolute Gasteiger partial charge is 1.00 e. The van der Waals surface area contributed by atoms with Crippen LogP contribution in [0.5, 0.6) is 0 Å². The molecule has 2 unspecified atom stereocenters. The molecule has 2 atom stereocenters. The Kier molecular flexibility index (Phi) is 6.81. The third kappa shape index (κ3) is 4.55. The van der Waals surface area contributed by atoms with Crippen molar-refractivity contribution in [2.75, 3.05) is 0 Å². The van der Waals surface area contributed by atoms with E-state index in [-0.39, 0.29) is 29.6 Å². The minimum absolute atomic E-state index is 0. The van der Waals surface area contributed by atoms with Gasteiger partial charge in [0.2, 0.25) is 5.91 Å². The van der Waals surface area contributed by atoms with Crippen molar-refractivity contribution in [3.8, 4) is 0 Å². The van der Waals surface area contributed by atoms with Crippen molar-refractivity contribution < 1.29 is 47.3 Å². The van der Waals surface area contributed by atoms with E-state index in [0.717, 1.165) is 12.5 Å². The molecule has 7 heteroatoms. The number of hydrogen-bond acceptors (Lipinski definition) is 4. The summed E-state index contributed by atoms with van der Waals surface area (Å²) in [6, 6.07) is -0.563. The number of carbonyl (C=O) groups is 1. The molecule has 0 aromatic heterocycles. The fourth-order valence-corrected chi connectivity index (χ4v) is 2.91. The average molecular weight is 255 g/mol. The summed E-state index contributed by atoms with van der Waals surface area (Å²) in [5.74, 6) is -0.435. The maximum atomic E-state index is 11.0. The molecule has 0 aliphatic heterocycles. The topological polar surface area (TPSA) is 86.3 Å². The van der Waals surface area contributed by atoms with Gasteiger partial charge in [0, 0.05) is 6.04 Å². The molecule has 86 valence electrons. The predicted molar refractivity (Wildman–Crippen MR) is 54.1 cm³/mol. The van der Waals surface area contributed by atoms with Gasteiger partial charge in [-0.25, -0.2) is 8.42 Å². The number of rotatable bonds is 3. The molecule has 1 rings (SSSR count). The molecule has 1 fully saturated rings. The average Bonchev–Trinajstić information content (AvgIpc) is 2.17. The van der Waals surface area contributed by atoms with E-state index in [1.807, 2.05) is 0 Å². The normalized spacial score (nSPS) is 25.3. The van der Waals surface area contributed by atoms with Crippen LogP contribution in [0.15, 0.2) is 12.7 Å². The van der Waals surface area contributed by atoms with Crippen molar-refractivity contribution in [2.45, 2.75) is 37.0 Å². The van der Waals surface area contributed by atoms with Crippen LogP contribution >= 0.6 is 0 Å². The van der Waals surface area contributed by atoms with E-state index >= 15 is 0 Å². The van der Waals surface area contributed by atoms with E-state index < -0.39 is 27.3 Å². The second kappa shape index (κ2) is 6.76. The zero-order valence-corrected chi connectivity index (χ0v) is 12.1. The van der Waals surface area contributed by atoms with Crippen LogP contribution in [0.1, 0.15) is 25.7 Å². The first kappa shape index (κ1) is 16.1. The molecule has 1 aliphatic rings. The molecule has 0 saturated heterocycles. The van der Waals surface area contributed by atoms with Gasteiger partial charge in [0.15, 0.2) is 0 Å². The van der Waals surface area contributed by atoms with Crippen molar-refractivity contribution in [1.82, 2.24) is 5.32 Å². The van der Waals surface area contributed by atoms with E-state index in [9.17, 15) is 17.8 Å². The van der Waals surface area contributed by atoms with Gasteiger partial charge in [0.1, 0.15) is 0 Å². The maximum Gasteiger partial charge on any atom is 1.00 e. The summed E-state index contributed by atoms with van der Waals surface area (Å²) < 4.78 is 32.8. The van der Waals surface area contributed by atoms with E-state index in [0.29, 0.717) is 19.3 Å². The Morgan fingerprint density at radius 1 is 1.38 bits per heavy atom. The van der Waals surface area contributed by atoms with Crippen LogP contribution in [-0.4, -0.2) is 30.2 Å². The zero-order valence-electron chi connectivity index (χ0n) is 9.31. The van der Waals surface area contributed by atoms with Crippen LogP contribution in [0.3, 0.4) is 0 Å². The van der Waals surface area contributed by atoms with Crippen molar-refractivity contribution in [1.29, 1.82) is 0 Å². The minimum Gasteiger partial charge on any atom is -0.748 e. The third-order valence-corrected chi connectivity index (χ3v) is 3.89. The fraction of sp³-hybridized carbons (Fsp3) is 0.667. The minimum atomic E-state index is -4.33. The van der Waals surface area contributed by atoms with Gasteiger partial charge in [0.25, 0.3) is 0 Å². The Balaban J connectivity index is 0.00000225. The summed E-state index contributed by atoms with van der Waals surface area (Å²) in [6.45, 7) is 3.27. The van der Waals surface area contributed by atoms with Gasteiger partial charge in [-0.1, -0.05) is 19.4 Å². The molecule has 0 bridgehead atoms. The number of amides is 1. The first-order chi connectivity index (χ1) is 6.95. The molecule has 1 saturated carbocycles. The summed E-state index contributed by atoms with van der Waals surface area (Å²) in [4.78, 5) is 11.0. The van der Waals surface area contributed by atoms with Gasteiger partial charge in [-0.2, -0.15) is 0 Å². The third-order valence-electron chi connectivity index (χ3n) is 2.59. The van der Waals surface area contributed by atoms with E-state index in [4.69, 9.17) is 0 Å². The molecule has 0 spiro atoms. The molecule has 0 heterocycles. The Hall–Kier alpha value is 0.120. The number of nitrogens with one attached hydrogen (secondary N) is 1. The smallest absolute Gasteiger partial charge is 0.748 e. The standard InChI is InChI=1S/C9H15NO4S.Na/c1-2-9(11)10-7-5-3-4-6-8(7)15(12,13)14;/h2,7-8H,1,3-6H2,(H,10,11)(H,12,13,14);/q;+1/p-1. The van der Waals surface area contributed by atoms with Crippen molar-refractivity contribution in [3.63, 3.8) is 0 Å². The Morgan fingerprint density at radius 3 is 2.44 bits per heavy atom. The molecule has 1 N–H and O–H groups in total. The van der Waals surface area contributed by atoms with Crippen molar-refractivity contribution in [2.24, 2.45) is 0 Å². The summed E-state index contributed by atoms with van der Waals surface area (Å²) in [5.41, 5.74) is 0. The van der Waals surface area contributed by atoms with Gasteiger partial charge in [-0.15, -0.1) is 0 Å². The maximum absolute atomic E-state index is 11.0. The summed E-state index contributed by atoms with van der Waals surface area (Å²) in [6.07, 6.45) is 3.48. The Labute approximate surface area is 118 Å². The van der Waals surface area contributed by atoms with Crippen LogP contribution in [0.2, 0.25) is 0 Å². The quantitative estimate of drug-likeness (QED) is 0.334. The van der Waals surface area contributed by atoms with Crippen LogP contribution in [0, 0.1) is 0 Å². The first-order valence-electron chi connectivity index (χ1n) is 4.83. The van der Waals surface area contributed by atoms with Gasteiger partial charge in [-0.3, -0.25) is 4.79 Å². The van der Waals surface area contributed by atoms with Crippen LogP contribution < -0.4 is 34.9 Å². The molecular formula is C9H14NNaO4S. The summed E-state index contributed by atoms with van der Waals surface area (Å²) >= 11 is 0. The van der Waals surface area contributed by atoms with Crippen LogP contribution in [0.25, 0.3) is 0 Å². The molecule has 0 aromatic rings. The number of hydrogen-bond donors (Lipinski definition) is 1. The van der Waals surface area contributed by atoms with E-state index in [1.165, 1.54) is 0 Å². The number of carbonyl (C=O) groups excluding carboxylic acids is 1. The molecule has 0 aromatic carbocycles. The summed E-state index contributed by atoms with van der Waals surface area (Å²) in [5, 5.41) is 1.50. The second-order valence-electron chi connectivity index (χ2n) is 3.63. The second-order valence-corrected chi connectivity index (χ2v) is 5.23.